The Morgan fingerprint density at radius 2 is 1.75 bits per heavy atom. The highest BCUT2D eigenvalue weighted by Crippen LogP contribution is 2.31. The molecule has 0 unspecified atom stereocenters. The second-order valence-corrected chi connectivity index (χ2v) is 6.26. The van der Waals surface area contributed by atoms with Crippen LogP contribution in [0.5, 0.6) is 5.75 Å². The van der Waals surface area contributed by atoms with Crippen LogP contribution in [-0.2, 0) is 0 Å². The summed E-state index contributed by atoms with van der Waals surface area (Å²) in [4.78, 5) is 6.41. The Labute approximate surface area is 135 Å². The minimum absolute atomic E-state index is 0.182. The van der Waals surface area contributed by atoms with E-state index in [0.29, 0.717) is 10.0 Å². The zero-order chi connectivity index (χ0) is 14.7. The van der Waals surface area contributed by atoms with E-state index in [4.69, 9.17) is 0 Å². The van der Waals surface area contributed by atoms with Crippen LogP contribution in [0.1, 0.15) is 5.56 Å². The molecule has 3 nitrogen and oxygen atoms in total. The fraction of sp³-hybridized carbons (Fsp3) is 0.133. The molecule has 0 saturated carbocycles. The molecule has 0 atom stereocenters. The van der Waals surface area contributed by atoms with Crippen molar-refractivity contribution in [1.29, 1.82) is 0 Å². The molecule has 104 valence electrons. The molecule has 2 aromatic rings. The second-order valence-electron chi connectivity index (χ2n) is 4.49. The van der Waals surface area contributed by atoms with E-state index in [1.165, 1.54) is 0 Å². The Balaban J connectivity index is 2.25. The van der Waals surface area contributed by atoms with Crippen molar-refractivity contribution in [3.63, 3.8) is 0 Å². The summed E-state index contributed by atoms with van der Waals surface area (Å²) in [6, 6.07) is 11.5. The molecule has 0 bridgehead atoms. The van der Waals surface area contributed by atoms with Crippen molar-refractivity contribution in [3.05, 3.63) is 50.9 Å². The van der Waals surface area contributed by atoms with Crippen LogP contribution >= 0.6 is 31.9 Å². The fourth-order valence-corrected chi connectivity index (χ4v) is 2.92. The largest absolute Gasteiger partial charge is 0.506 e. The minimum Gasteiger partial charge on any atom is -0.506 e. The first-order chi connectivity index (χ1) is 9.47. The van der Waals surface area contributed by atoms with E-state index in [2.05, 4.69) is 36.9 Å². The lowest BCUT2D eigenvalue weighted by molar-refractivity contribution is 0.471. The highest BCUT2D eigenvalue weighted by molar-refractivity contribution is 9.11. The van der Waals surface area contributed by atoms with Crippen LogP contribution < -0.4 is 4.90 Å². The van der Waals surface area contributed by atoms with Gasteiger partial charge in [0.1, 0.15) is 5.75 Å². The van der Waals surface area contributed by atoms with Gasteiger partial charge in [-0.3, -0.25) is 4.99 Å². The van der Waals surface area contributed by atoms with Gasteiger partial charge in [0.05, 0.1) is 10.2 Å². The van der Waals surface area contributed by atoms with Crippen LogP contribution in [0.25, 0.3) is 0 Å². The molecular weight excluding hydrogens is 384 g/mol. The average Bonchev–Trinajstić information content (AvgIpc) is 2.41. The number of phenolic OH excluding ortho intramolecular Hbond substituents is 1. The molecule has 0 radical (unpaired) electrons. The summed E-state index contributed by atoms with van der Waals surface area (Å²) in [5, 5.41) is 9.95. The van der Waals surface area contributed by atoms with Gasteiger partial charge in [-0.1, -0.05) is 15.9 Å². The summed E-state index contributed by atoms with van der Waals surface area (Å²) in [5.41, 5.74) is 2.62. The van der Waals surface area contributed by atoms with Gasteiger partial charge in [-0.2, -0.15) is 0 Å². The van der Waals surface area contributed by atoms with Crippen molar-refractivity contribution in [2.24, 2.45) is 4.99 Å². The number of aromatic hydroxyl groups is 1. The van der Waals surface area contributed by atoms with E-state index < -0.39 is 0 Å². The third kappa shape index (κ3) is 3.61. The first-order valence-electron chi connectivity index (χ1n) is 5.97. The molecule has 0 fully saturated rings. The van der Waals surface area contributed by atoms with E-state index in [-0.39, 0.29) is 5.75 Å². The van der Waals surface area contributed by atoms with Gasteiger partial charge < -0.3 is 10.0 Å². The molecule has 2 rings (SSSR count). The molecule has 0 aliphatic carbocycles. The van der Waals surface area contributed by atoms with E-state index >= 15 is 0 Å². The zero-order valence-corrected chi connectivity index (χ0v) is 14.3. The van der Waals surface area contributed by atoms with Crippen molar-refractivity contribution in [2.75, 3.05) is 19.0 Å². The third-order valence-corrected chi connectivity index (χ3v) is 3.84. The maximum atomic E-state index is 9.95. The van der Waals surface area contributed by atoms with E-state index in [1.807, 2.05) is 49.3 Å². The number of halogens is 2. The lowest BCUT2D eigenvalue weighted by Gasteiger charge is -2.11. The Kier molecular flexibility index (Phi) is 4.83. The predicted molar refractivity (Wildman–Crippen MR) is 91.5 cm³/mol. The maximum Gasteiger partial charge on any atom is 0.138 e. The fourth-order valence-electron chi connectivity index (χ4n) is 1.67. The van der Waals surface area contributed by atoms with Gasteiger partial charge in [0.15, 0.2) is 0 Å². The van der Waals surface area contributed by atoms with Crippen LogP contribution in [0.2, 0.25) is 0 Å². The number of benzene rings is 2. The minimum atomic E-state index is 0.182. The van der Waals surface area contributed by atoms with Crippen molar-refractivity contribution >= 4 is 49.4 Å². The van der Waals surface area contributed by atoms with Crippen molar-refractivity contribution in [2.45, 2.75) is 0 Å². The standard InChI is InChI=1S/C15H14Br2N2O/c1-19(2)13-5-3-12(4-6-13)18-9-10-7-11(16)8-14(17)15(10)20/h3-9,20H,1-2H3. The van der Waals surface area contributed by atoms with E-state index in [0.717, 1.165) is 15.8 Å². The Bertz CT molecular complexity index is 637. The predicted octanol–water partition coefficient (Wildman–Crippen LogP) is 4.73. The van der Waals surface area contributed by atoms with Gasteiger partial charge in [-0.15, -0.1) is 0 Å². The van der Waals surface area contributed by atoms with Gasteiger partial charge in [0.25, 0.3) is 0 Å². The third-order valence-electron chi connectivity index (χ3n) is 2.78. The SMILES string of the molecule is CN(C)c1ccc(N=Cc2cc(Br)cc(Br)c2O)cc1. The molecule has 0 spiro atoms. The number of hydrogen-bond acceptors (Lipinski definition) is 3. The molecule has 0 aromatic heterocycles. The Morgan fingerprint density at radius 3 is 2.35 bits per heavy atom. The molecule has 0 aliphatic rings. The lowest BCUT2D eigenvalue weighted by Crippen LogP contribution is -2.07. The van der Waals surface area contributed by atoms with Gasteiger partial charge >= 0.3 is 0 Å². The average molecular weight is 398 g/mol. The molecule has 1 N–H and O–H groups in total. The van der Waals surface area contributed by atoms with E-state index in [1.54, 1.807) is 12.3 Å². The molecule has 5 heteroatoms. The van der Waals surface area contributed by atoms with Crippen LogP contribution in [0.15, 0.2) is 50.3 Å². The summed E-state index contributed by atoms with van der Waals surface area (Å²) < 4.78 is 1.52. The first kappa shape index (κ1) is 15.1. The number of hydrogen-bond donors (Lipinski definition) is 1. The highest BCUT2D eigenvalue weighted by atomic mass is 79.9. The summed E-state index contributed by atoms with van der Waals surface area (Å²) in [7, 11) is 3.99. The molecular formula is C15H14Br2N2O. The second kappa shape index (κ2) is 6.41. The summed E-state index contributed by atoms with van der Waals surface area (Å²) in [5.74, 6) is 0.182. The van der Waals surface area contributed by atoms with Gasteiger partial charge in [0.2, 0.25) is 0 Å². The zero-order valence-electron chi connectivity index (χ0n) is 11.1. The number of rotatable bonds is 3. The number of phenols is 1. The quantitative estimate of drug-likeness (QED) is 0.759. The number of anilines is 1. The van der Waals surface area contributed by atoms with Crippen molar-refractivity contribution < 1.29 is 5.11 Å². The van der Waals surface area contributed by atoms with Crippen LogP contribution in [0, 0.1) is 0 Å². The first-order valence-corrected chi connectivity index (χ1v) is 7.55. The molecule has 0 amide bonds. The van der Waals surface area contributed by atoms with Crippen LogP contribution in [0.4, 0.5) is 11.4 Å². The maximum absolute atomic E-state index is 9.95. The van der Waals surface area contributed by atoms with Crippen molar-refractivity contribution in [3.8, 4) is 5.75 Å². The normalized spacial score (nSPS) is 11.0. The van der Waals surface area contributed by atoms with Crippen LogP contribution in [0.3, 0.4) is 0 Å². The lowest BCUT2D eigenvalue weighted by atomic mass is 10.2. The summed E-state index contributed by atoms with van der Waals surface area (Å²) in [6.45, 7) is 0. The van der Waals surface area contributed by atoms with Gasteiger partial charge in [-0.05, 0) is 52.3 Å². The van der Waals surface area contributed by atoms with Gasteiger partial charge in [0, 0.05) is 36.0 Å². The summed E-state index contributed by atoms with van der Waals surface area (Å²) >= 11 is 6.69. The monoisotopic (exact) mass is 396 g/mol. The Hall–Kier alpha value is -1.33. The number of aliphatic imine (C=N–C) groups is 1. The molecule has 0 saturated heterocycles. The molecule has 2 aromatic carbocycles. The Morgan fingerprint density at radius 1 is 1.10 bits per heavy atom. The molecule has 0 heterocycles. The molecule has 20 heavy (non-hydrogen) atoms. The highest BCUT2D eigenvalue weighted by Gasteiger charge is 2.05. The number of nitrogens with zero attached hydrogens (tertiary/aromatic N) is 2. The molecule has 0 aliphatic heterocycles. The smallest absolute Gasteiger partial charge is 0.138 e. The van der Waals surface area contributed by atoms with Crippen molar-refractivity contribution in [1.82, 2.24) is 0 Å². The summed E-state index contributed by atoms with van der Waals surface area (Å²) in [6.07, 6.45) is 1.65. The topological polar surface area (TPSA) is 35.8 Å². The van der Waals surface area contributed by atoms with Gasteiger partial charge in [-0.25, -0.2) is 0 Å². The van der Waals surface area contributed by atoms with Crippen LogP contribution in [-0.4, -0.2) is 25.4 Å². The van der Waals surface area contributed by atoms with E-state index in [9.17, 15) is 5.11 Å².